The molecule has 0 bridgehead atoms. The summed E-state index contributed by atoms with van der Waals surface area (Å²) in [4.78, 5) is 0. The molecule has 1 heterocycles. The molecule has 2 rings (SSSR count). The van der Waals surface area contributed by atoms with E-state index in [-0.39, 0.29) is 16.8 Å². The zero-order valence-corrected chi connectivity index (χ0v) is 11.1. The van der Waals surface area contributed by atoms with Crippen molar-refractivity contribution in [3.05, 3.63) is 35.6 Å². The molecule has 3 nitrogen and oxygen atoms in total. The van der Waals surface area contributed by atoms with E-state index in [1.165, 1.54) is 12.1 Å². The van der Waals surface area contributed by atoms with Crippen LogP contribution in [0.1, 0.15) is 33.0 Å². The first kappa shape index (κ1) is 13.5. The summed E-state index contributed by atoms with van der Waals surface area (Å²) in [7, 11) is 0. The van der Waals surface area contributed by atoms with Crippen molar-refractivity contribution < 1.29 is 13.3 Å². The predicted octanol–water partition coefficient (Wildman–Crippen LogP) is 3.89. The molecule has 2 aromatic rings. The topological polar surface area (TPSA) is 52.0 Å². The van der Waals surface area contributed by atoms with Gasteiger partial charge in [0.1, 0.15) is 11.6 Å². The number of rotatable bonds is 3. The van der Waals surface area contributed by atoms with Crippen LogP contribution in [0.25, 0.3) is 11.1 Å². The van der Waals surface area contributed by atoms with E-state index in [2.05, 4.69) is 5.16 Å². The van der Waals surface area contributed by atoms with E-state index in [1.54, 1.807) is 0 Å². The minimum Gasteiger partial charge on any atom is -0.380 e. The summed E-state index contributed by atoms with van der Waals surface area (Å²) >= 11 is 0. The number of aromatic nitrogens is 1. The smallest absolute Gasteiger partial charge is 0.175 e. The Morgan fingerprint density at radius 2 is 2.00 bits per heavy atom. The van der Waals surface area contributed by atoms with Crippen LogP contribution in [0.5, 0.6) is 0 Å². The van der Waals surface area contributed by atoms with Crippen LogP contribution in [-0.2, 0) is 5.41 Å². The first-order valence-electron chi connectivity index (χ1n) is 6.08. The number of nitrogens with zero attached hydrogens (tertiary/aromatic N) is 1. The average Bonchev–Trinajstić information content (AvgIpc) is 2.72. The Labute approximate surface area is 110 Å². The van der Waals surface area contributed by atoms with Crippen molar-refractivity contribution in [3.8, 4) is 11.1 Å². The van der Waals surface area contributed by atoms with Gasteiger partial charge in [-0.15, -0.1) is 0 Å². The summed E-state index contributed by atoms with van der Waals surface area (Å²) in [6.07, 6.45) is 0.775. The number of hydrogen-bond acceptors (Lipinski definition) is 3. The lowest BCUT2D eigenvalue weighted by Gasteiger charge is -2.20. The Hall–Kier alpha value is -1.91. The molecule has 1 aromatic carbocycles. The Morgan fingerprint density at radius 3 is 2.58 bits per heavy atom. The summed E-state index contributed by atoms with van der Waals surface area (Å²) in [5, 5.41) is 3.71. The lowest BCUT2D eigenvalue weighted by atomic mass is 9.83. The molecule has 102 valence electrons. The van der Waals surface area contributed by atoms with Gasteiger partial charge in [0, 0.05) is 17.0 Å². The van der Waals surface area contributed by atoms with Crippen molar-refractivity contribution in [3.63, 3.8) is 0 Å². The molecule has 0 saturated heterocycles. The number of benzene rings is 1. The summed E-state index contributed by atoms with van der Waals surface area (Å²) in [6.45, 7) is 5.90. The number of hydrogen-bond donors (Lipinski definition) is 1. The minimum absolute atomic E-state index is 0.113. The molecule has 0 fully saturated rings. The maximum Gasteiger partial charge on any atom is 0.175 e. The van der Waals surface area contributed by atoms with Crippen LogP contribution in [0.2, 0.25) is 0 Å². The van der Waals surface area contributed by atoms with Gasteiger partial charge < -0.3 is 10.3 Å². The summed E-state index contributed by atoms with van der Waals surface area (Å²) < 4.78 is 32.1. The van der Waals surface area contributed by atoms with E-state index in [1.807, 2.05) is 20.8 Å². The first-order valence-corrected chi connectivity index (χ1v) is 6.08. The van der Waals surface area contributed by atoms with Crippen molar-refractivity contribution in [2.45, 2.75) is 32.6 Å². The summed E-state index contributed by atoms with van der Waals surface area (Å²) in [5.41, 5.74) is 6.05. The van der Waals surface area contributed by atoms with Crippen molar-refractivity contribution in [2.75, 3.05) is 5.73 Å². The minimum atomic E-state index is -0.678. The number of nitrogens with two attached hydrogens (primary N) is 1. The Morgan fingerprint density at radius 1 is 1.32 bits per heavy atom. The highest BCUT2D eigenvalue weighted by Gasteiger charge is 2.30. The zero-order valence-electron chi connectivity index (χ0n) is 11.1. The van der Waals surface area contributed by atoms with Crippen LogP contribution in [-0.4, -0.2) is 5.16 Å². The Bertz CT molecular complexity index is 605. The van der Waals surface area contributed by atoms with Crippen LogP contribution in [0, 0.1) is 11.6 Å². The standard InChI is InChI=1S/C14H16F2N2O/c1-4-14(2,3)12-11(13(17)18-19-12)9-6-5-8(15)7-10(9)16/h5-7H,4H2,1-3H3,(H2,17,18). The van der Waals surface area contributed by atoms with Crippen LogP contribution < -0.4 is 5.73 Å². The Balaban J connectivity index is 2.65. The van der Waals surface area contributed by atoms with Gasteiger partial charge in [-0.2, -0.15) is 0 Å². The highest BCUT2D eigenvalue weighted by atomic mass is 19.1. The molecule has 0 amide bonds. The third-order valence-electron chi connectivity index (χ3n) is 3.42. The van der Waals surface area contributed by atoms with E-state index in [0.717, 1.165) is 12.5 Å². The monoisotopic (exact) mass is 266 g/mol. The lowest BCUT2D eigenvalue weighted by Crippen LogP contribution is -2.16. The third kappa shape index (κ3) is 2.32. The van der Waals surface area contributed by atoms with Gasteiger partial charge in [-0.05, 0) is 18.6 Å². The van der Waals surface area contributed by atoms with Crippen molar-refractivity contribution in [1.29, 1.82) is 0 Å². The van der Waals surface area contributed by atoms with Crippen molar-refractivity contribution in [2.24, 2.45) is 0 Å². The van der Waals surface area contributed by atoms with Gasteiger partial charge in [-0.25, -0.2) is 8.78 Å². The molecular weight excluding hydrogens is 250 g/mol. The highest BCUT2D eigenvalue weighted by Crippen LogP contribution is 2.39. The fourth-order valence-corrected chi connectivity index (χ4v) is 1.88. The van der Waals surface area contributed by atoms with E-state index in [0.29, 0.717) is 11.3 Å². The Kier molecular flexibility index (Phi) is 3.30. The zero-order chi connectivity index (χ0) is 14.2. The van der Waals surface area contributed by atoms with Crippen LogP contribution >= 0.6 is 0 Å². The second-order valence-corrected chi connectivity index (χ2v) is 5.13. The van der Waals surface area contributed by atoms with Gasteiger partial charge in [-0.3, -0.25) is 0 Å². The molecule has 0 radical (unpaired) electrons. The average molecular weight is 266 g/mol. The van der Waals surface area contributed by atoms with E-state index >= 15 is 0 Å². The van der Waals surface area contributed by atoms with E-state index in [9.17, 15) is 8.78 Å². The molecule has 19 heavy (non-hydrogen) atoms. The van der Waals surface area contributed by atoms with Crippen LogP contribution in [0.15, 0.2) is 22.7 Å². The fraction of sp³-hybridized carbons (Fsp3) is 0.357. The van der Waals surface area contributed by atoms with Gasteiger partial charge in [0.2, 0.25) is 0 Å². The number of halogens is 2. The quantitative estimate of drug-likeness (QED) is 0.916. The molecule has 0 atom stereocenters. The van der Waals surface area contributed by atoms with Gasteiger partial charge in [0.15, 0.2) is 11.6 Å². The fourth-order valence-electron chi connectivity index (χ4n) is 1.88. The summed E-state index contributed by atoms with van der Waals surface area (Å²) in [6, 6.07) is 3.36. The summed E-state index contributed by atoms with van der Waals surface area (Å²) in [5.74, 6) is -0.685. The van der Waals surface area contributed by atoms with Crippen molar-refractivity contribution >= 4 is 5.82 Å². The van der Waals surface area contributed by atoms with Gasteiger partial charge >= 0.3 is 0 Å². The lowest BCUT2D eigenvalue weighted by molar-refractivity contribution is 0.313. The van der Waals surface area contributed by atoms with E-state index < -0.39 is 11.6 Å². The number of anilines is 1. The first-order chi connectivity index (χ1) is 8.86. The van der Waals surface area contributed by atoms with Gasteiger partial charge in [0.05, 0.1) is 5.56 Å². The largest absolute Gasteiger partial charge is 0.380 e. The van der Waals surface area contributed by atoms with E-state index in [4.69, 9.17) is 10.3 Å². The van der Waals surface area contributed by atoms with Crippen LogP contribution in [0.3, 0.4) is 0 Å². The molecule has 0 unspecified atom stereocenters. The second-order valence-electron chi connectivity index (χ2n) is 5.13. The molecule has 0 aliphatic heterocycles. The maximum absolute atomic E-state index is 13.9. The molecule has 5 heteroatoms. The molecule has 1 aromatic heterocycles. The third-order valence-corrected chi connectivity index (χ3v) is 3.42. The number of nitrogen functional groups attached to an aromatic ring is 1. The predicted molar refractivity (Wildman–Crippen MR) is 69.6 cm³/mol. The van der Waals surface area contributed by atoms with Crippen LogP contribution in [0.4, 0.5) is 14.6 Å². The molecular formula is C14H16F2N2O. The van der Waals surface area contributed by atoms with Gasteiger partial charge in [0.25, 0.3) is 0 Å². The SMILES string of the molecule is CCC(C)(C)c1onc(N)c1-c1ccc(F)cc1F. The molecule has 0 aliphatic carbocycles. The molecule has 0 saturated carbocycles. The molecule has 0 spiro atoms. The molecule has 0 aliphatic rings. The maximum atomic E-state index is 13.9. The highest BCUT2D eigenvalue weighted by molar-refractivity contribution is 5.76. The normalized spacial score (nSPS) is 11.8. The second kappa shape index (κ2) is 4.64. The molecule has 2 N–H and O–H groups in total. The van der Waals surface area contributed by atoms with Crippen molar-refractivity contribution in [1.82, 2.24) is 5.16 Å². The van der Waals surface area contributed by atoms with Gasteiger partial charge in [-0.1, -0.05) is 25.9 Å².